The van der Waals surface area contributed by atoms with Gasteiger partial charge in [-0.1, -0.05) is 6.58 Å². The van der Waals surface area contributed by atoms with Gasteiger partial charge in [0.1, 0.15) is 12.4 Å². The molecule has 3 aromatic rings. The van der Waals surface area contributed by atoms with Crippen molar-refractivity contribution >= 4 is 16.3 Å². The fourth-order valence-corrected chi connectivity index (χ4v) is 3.37. The minimum absolute atomic E-state index is 0.539. The van der Waals surface area contributed by atoms with Gasteiger partial charge in [0, 0.05) is 23.1 Å². The Morgan fingerprint density at radius 2 is 2.09 bits per heavy atom. The van der Waals surface area contributed by atoms with Crippen LogP contribution in [-0.2, 0) is 6.42 Å². The predicted molar refractivity (Wildman–Crippen MR) is 96.3 cm³/mol. The molecule has 5 heteroatoms. The van der Waals surface area contributed by atoms with Gasteiger partial charge >= 0.3 is 0 Å². The molecule has 2 heterocycles. The molecule has 23 heavy (non-hydrogen) atoms. The standard InChI is InChI=1S/C18H21N3OS/c1-12(2)11-22-15-6-4-14(5-7-15)17-16(8-9-19)21-10-13(3)23-18(21)20-17/h4-7,10H,1,8-9,11,19H2,2-3H3. The van der Waals surface area contributed by atoms with Gasteiger partial charge < -0.3 is 10.5 Å². The van der Waals surface area contributed by atoms with Crippen molar-refractivity contribution in [3.8, 4) is 17.0 Å². The monoisotopic (exact) mass is 327 g/mol. The fourth-order valence-electron chi connectivity index (χ4n) is 2.52. The highest BCUT2D eigenvalue weighted by atomic mass is 32.1. The Balaban J connectivity index is 1.94. The molecule has 0 saturated carbocycles. The summed E-state index contributed by atoms with van der Waals surface area (Å²) in [4.78, 5) is 7.07. The molecule has 3 rings (SSSR count). The van der Waals surface area contributed by atoms with E-state index in [9.17, 15) is 0 Å². The topological polar surface area (TPSA) is 52.5 Å². The highest BCUT2D eigenvalue weighted by molar-refractivity contribution is 7.17. The van der Waals surface area contributed by atoms with E-state index in [1.807, 2.05) is 31.2 Å². The number of imidazole rings is 1. The first kappa shape index (κ1) is 15.8. The van der Waals surface area contributed by atoms with Gasteiger partial charge in [-0.15, -0.1) is 11.3 Å². The summed E-state index contributed by atoms with van der Waals surface area (Å²) in [7, 11) is 0. The SMILES string of the molecule is C=C(C)COc1ccc(-c2nc3sc(C)cn3c2CCN)cc1. The summed E-state index contributed by atoms with van der Waals surface area (Å²) >= 11 is 1.70. The number of hydrogen-bond acceptors (Lipinski definition) is 4. The van der Waals surface area contributed by atoms with Gasteiger partial charge in [-0.2, -0.15) is 0 Å². The number of fused-ring (bicyclic) bond motifs is 1. The molecular formula is C18H21N3OS. The van der Waals surface area contributed by atoms with Crippen molar-refractivity contribution in [2.24, 2.45) is 5.73 Å². The summed E-state index contributed by atoms with van der Waals surface area (Å²) < 4.78 is 7.81. The summed E-state index contributed by atoms with van der Waals surface area (Å²) in [6.45, 7) is 9.04. The molecule has 2 aromatic heterocycles. The van der Waals surface area contributed by atoms with Crippen LogP contribution in [0.4, 0.5) is 0 Å². The van der Waals surface area contributed by atoms with E-state index in [1.54, 1.807) is 11.3 Å². The van der Waals surface area contributed by atoms with Gasteiger partial charge in [-0.05, 0) is 50.2 Å². The predicted octanol–water partition coefficient (Wildman–Crippen LogP) is 3.83. The third kappa shape index (κ3) is 3.30. The molecule has 0 radical (unpaired) electrons. The van der Waals surface area contributed by atoms with Gasteiger partial charge in [0.05, 0.1) is 11.4 Å². The lowest BCUT2D eigenvalue weighted by atomic mass is 10.1. The van der Waals surface area contributed by atoms with E-state index in [1.165, 1.54) is 10.6 Å². The zero-order chi connectivity index (χ0) is 16.4. The lowest BCUT2D eigenvalue weighted by Gasteiger charge is -2.07. The minimum atomic E-state index is 0.539. The number of aromatic nitrogens is 2. The first-order valence-corrected chi connectivity index (χ1v) is 8.45. The maximum absolute atomic E-state index is 5.79. The van der Waals surface area contributed by atoms with Gasteiger partial charge in [0.25, 0.3) is 0 Å². The number of thiazole rings is 1. The van der Waals surface area contributed by atoms with Gasteiger partial charge in [-0.3, -0.25) is 4.40 Å². The number of hydrogen-bond donors (Lipinski definition) is 1. The third-order valence-electron chi connectivity index (χ3n) is 3.53. The molecule has 0 aliphatic carbocycles. The number of ether oxygens (including phenoxy) is 1. The molecule has 0 fully saturated rings. The van der Waals surface area contributed by atoms with Crippen molar-refractivity contribution in [1.82, 2.24) is 9.38 Å². The Morgan fingerprint density at radius 3 is 2.74 bits per heavy atom. The number of nitrogens with two attached hydrogens (primary N) is 1. The fraction of sp³-hybridized carbons (Fsp3) is 0.278. The van der Waals surface area contributed by atoms with E-state index >= 15 is 0 Å². The second kappa shape index (κ2) is 6.56. The molecule has 0 spiro atoms. The number of benzene rings is 1. The molecule has 4 nitrogen and oxygen atoms in total. The third-order valence-corrected chi connectivity index (χ3v) is 4.43. The zero-order valence-corrected chi connectivity index (χ0v) is 14.3. The summed E-state index contributed by atoms with van der Waals surface area (Å²) in [5.74, 6) is 0.842. The maximum atomic E-state index is 5.79. The minimum Gasteiger partial charge on any atom is -0.489 e. The number of nitrogens with zero attached hydrogens (tertiary/aromatic N) is 2. The Morgan fingerprint density at radius 1 is 1.35 bits per heavy atom. The second-order valence-corrected chi connectivity index (χ2v) is 6.92. The highest BCUT2D eigenvalue weighted by Crippen LogP contribution is 2.29. The van der Waals surface area contributed by atoms with Crippen LogP contribution in [0.25, 0.3) is 16.2 Å². The van der Waals surface area contributed by atoms with Crippen LogP contribution in [0.5, 0.6) is 5.75 Å². The van der Waals surface area contributed by atoms with Crippen molar-refractivity contribution in [1.29, 1.82) is 0 Å². The Kier molecular flexibility index (Phi) is 4.50. The van der Waals surface area contributed by atoms with Crippen molar-refractivity contribution in [3.05, 3.63) is 53.2 Å². The van der Waals surface area contributed by atoms with Crippen molar-refractivity contribution < 1.29 is 4.74 Å². The van der Waals surface area contributed by atoms with Crippen molar-refractivity contribution in [2.45, 2.75) is 20.3 Å². The molecule has 0 saturated heterocycles. The number of rotatable bonds is 6. The summed E-state index contributed by atoms with van der Waals surface area (Å²) in [5, 5.41) is 0. The van der Waals surface area contributed by atoms with Crippen LogP contribution in [0.15, 0.2) is 42.6 Å². The van der Waals surface area contributed by atoms with Crippen LogP contribution in [0.3, 0.4) is 0 Å². The molecule has 0 bridgehead atoms. The van der Waals surface area contributed by atoms with E-state index in [0.29, 0.717) is 13.2 Å². The molecular weight excluding hydrogens is 306 g/mol. The molecule has 2 N–H and O–H groups in total. The maximum Gasteiger partial charge on any atom is 0.194 e. The highest BCUT2D eigenvalue weighted by Gasteiger charge is 2.15. The van der Waals surface area contributed by atoms with Crippen molar-refractivity contribution in [3.63, 3.8) is 0 Å². The lowest BCUT2D eigenvalue weighted by Crippen LogP contribution is -2.05. The summed E-state index contributed by atoms with van der Waals surface area (Å²) in [6.07, 6.45) is 2.94. The van der Waals surface area contributed by atoms with Crippen LogP contribution >= 0.6 is 11.3 Å². The lowest BCUT2D eigenvalue weighted by molar-refractivity contribution is 0.353. The Labute approximate surface area is 140 Å². The molecule has 0 atom stereocenters. The largest absolute Gasteiger partial charge is 0.489 e. The number of aryl methyl sites for hydroxylation is 1. The average Bonchev–Trinajstić information content (AvgIpc) is 3.03. The van der Waals surface area contributed by atoms with Crippen LogP contribution in [0.1, 0.15) is 17.5 Å². The quantitative estimate of drug-likeness (QED) is 0.700. The first-order valence-electron chi connectivity index (χ1n) is 7.63. The average molecular weight is 327 g/mol. The summed E-state index contributed by atoms with van der Waals surface area (Å²) in [5.41, 5.74) is 10.1. The van der Waals surface area contributed by atoms with E-state index in [2.05, 4.69) is 24.1 Å². The van der Waals surface area contributed by atoms with E-state index in [0.717, 1.165) is 34.0 Å². The molecule has 0 aliphatic rings. The molecule has 0 unspecified atom stereocenters. The van der Waals surface area contributed by atoms with E-state index in [4.69, 9.17) is 15.5 Å². The van der Waals surface area contributed by atoms with Crippen LogP contribution < -0.4 is 10.5 Å². The smallest absolute Gasteiger partial charge is 0.194 e. The second-order valence-electron chi connectivity index (χ2n) is 5.71. The molecule has 0 amide bonds. The Bertz CT molecular complexity index is 830. The van der Waals surface area contributed by atoms with E-state index in [-0.39, 0.29) is 0 Å². The van der Waals surface area contributed by atoms with Crippen molar-refractivity contribution in [2.75, 3.05) is 13.2 Å². The molecule has 1 aromatic carbocycles. The molecule has 0 aliphatic heterocycles. The van der Waals surface area contributed by atoms with Crippen LogP contribution in [0, 0.1) is 6.92 Å². The zero-order valence-electron chi connectivity index (χ0n) is 13.5. The normalized spacial score (nSPS) is 11.1. The van der Waals surface area contributed by atoms with Crippen LogP contribution in [-0.4, -0.2) is 22.5 Å². The Hall–Kier alpha value is -2.11. The first-order chi connectivity index (χ1) is 11.1. The molecule has 120 valence electrons. The van der Waals surface area contributed by atoms with Gasteiger partial charge in [-0.25, -0.2) is 4.98 Å². The summed E-state index contributed by atoms with van der Waals surface area (Å²) in [6, 6.07) is 8.05. The van der Waals surface area contributed by atoms with Gasteiger partial charge in [0.15, 0.2) is 4.96 Å². The van der Waals surface area contributed by atoms with Gasteiger partial charge in [0.2, 0.25) is 0 Å². The van der Waals surface area contributed by atoms with E-state index < -0.39 is 0 Å². The van der Waals surface area contributed by atoms with Crippen LogP contribution in [0.2, 0.25) is 0 Å².